The molecule has 4 rings (SSSR count). The van der Waals surface area contributed by atoms with E-state index in [1.165, 1.54) is 91.5 Å². The zero-order valence-corrected chi connectivity index (χ0v) is 27.0. The largest absolute Gasteiger partial charge is 0.368 e. The molecule has 2 N–H and O–H groups in total. The number of rotatable bonds is 10. The lowest BCUT2D eigenvalue weighted by molar-refractivity contribution is 0.218. The number of hydrogen-bond donors (Lipinski definition) is 2. The van der Waals surface area contributed by atoms with E-state index in [4.69, 9.17) is 24.4 Å². The molecular weight excluding hydrogens is 553 g/mol. The van der Waals surface area contributed by atoms with Crippen LogP contribution in [-0.2, 0) is 12.8 Å². The van der Waals surface area contributed by atoms with Crippen LogP contribution in [0.5, 0.6) is 0 Å². The standard InChI is InChI=1S/C33H46N2S4/c1-3-9-26-11-5-7-13-30(26)38-32(36)34-28-19-15-24(16-20-28)23-25-17-21-29(22-18-25)35-33(37)39-31-14-8-6-12-27(31)10-4-2/h5-8,11-14,24-25,28-29H,3-4,9-10,15-23H2,1-2H3,(H,34,36)(H,35,37). The minimum Gasteiger partial charge on any atom is -0.368 e. The third-order valence-electron chi connectivity index (χ3n) is 8.39. The average Bonchev–Trinajstić information content (AvgIpc) is 2.93. The summed E-state index contributed by atoms with van der Waals surface area (Å²) in [5.74, 6) is 1.77. The maximum absolute atomic E-state index is 5.75. The van der Waals surface area contributed by atoms with Crippen LogP contribution >= 0.6 is 48.0 Å². The fourth-order valence-electron chi connectivity index (χ4n) is 6.31. The van der Waals surface area contributed by atoms with Crippen LogP contribution in [0.2, 0.25) is 0 Å². The molecule has 2 aliphatic carbocycles. The summed E-state index contributed by atoms with van der Waals surface area (Å²) < 4.78 is 1.88. The highest BCUT2D eigenvalue weighted by Gasteiger charge is 2.27. The highest BCUT2D eigenvalue weighted by molar-refractivity contribution is 8.23. The predicted molar refractivity (Wildman–Crippen MR) is 180 cm³/mol. The topological polar surface area (TPSA) is 24.1 Å². The second kappa shape index (κ2) is 16.4. The van der Waals surface area contributed by atoms with Crippen LogP contribution < -0.4 is 10.6 Å². The van der Waals surface area contributed by atoms with Gasteiger partial charge in [0.1, 0.15) is 8.64 Å². The summed E-state index contributed by atoms with van der Waals surface area (Å²) in [5, 5.41) is 7.37. The molecule has 0 aliphatic heterocycles. The van der Waals surface area contributed by atoms with Gasteiger partial charge in [-0.05, 0) is 106 Å². The van der Waals surface area contributed by atoms with Crippen LogP contribution in [0, 0.1) is 11.8 Å². The second-order valence-corrected chi connectivity index (χ2v) is 14.9. The van der Waals surface area contributed by atoms with Crippen molar-refractivity contribution in [1.29, 1.82) is 0 Å². The molecule has 0 atom stereocenters. The molecule has 39 heavy (non-hydrogen) atoms. The Kier molecular flexibility index (Phi) is 13.0. The van der Waals surface area contributed by atoms with Crippen LogP contribution in [0.25, 0.3) is 0 Å². The second-order valence-electron chi connectivity index (χ2n) is 11.5. The molecule has 0 radical (unpaired) electrons. The molecule has 0 amide bonds. The molecule has 0 unspecified atom stereocenters. The van der Waals surface area contributed by atoms with Crippen molar-refractivity contribution in [1.82, 2.24) is 10.6 Å². The van der Waals surface area contributed by atoms with E-state index in [0.29, 0.717) is 12.1 Å². The lowest BCUT2D eigenvalue weighted by Gasteiger charge is -2.35. The first-order chi connectivity index (χ1) is 19.0. The van der Waals surface area contributed by atoms with Gasteiger partial charge in [0.25, 0.3) is 0 Å². The first-order valence-electron chi connectivity index (χ1n) is 15.2. The number of nitrogens with one attached hydrogen (secondary N) is 2. The van der Waals surface area contributed by atoms with E-state index in [-0.39, 0.29) is 0 Å². The lowest BCUT2D eigenvalue weighted by Crippen LogP contribution is -2.37. The first-order valence-corrected chi connectivity index (χ1v) is 17.6. The number of hydrogen-bond acceptors (Lipinski definition) is 4. The molecule has 2 nitrogen and oxygen atoms in total. The third kappa shape index (κ3) is 10.1. The van der Waals surface area contributed by atoms with Crippen molar-refractivity contribution in [3.8, 4) is 0 Å². The van der Waals surface area contributed by atoms with Gasteiger partial charge in [-0.1, -0.05) is 111 Å². The third-order valence-corrected chi connectivity index (χ3v) is 11.0. The molecule has 0 aromatic heterocycles. The molecule has 212 valence electrons. The Bertz CT molecular complexity index is 972. The molecule has 0 bridgehead atoms. The van der Waals surface area contributed by atoms with Gasteiger partial charge in [-0.15, -0.1) is 0 Å². The SMILES string of the molecule is CCCc1ccccc1SC(=S)NC1CCC(CC2CCC(NC(=S)Sc3ccccc3CCC)CC2)CC1. The number of benzene rings is 2. The summed E-state index contributed by atoms with van der Waals surface area (Å²) in [7, 11) is 0. The van der Waals surface area contributed by atoms with E-state index >= 15 is 0 Å². The van der Waals surface area contributed by atoms with Crippen molar-refractivity contribution in [2.75, 3.05) is 0 Å². The van der Waals surface area contributed by atoms with Gasteiger partial charge in [-0.2, -0.15) is 0 Å². The van der Waals surface area contributed by atoms with Crippen LogP contribution in [0.3, 0.4) is 0 Å². The van der Waals surface area contributed by atoms with E-state index < -0.39 is 0 Å². The van der Waals surface area contributed by atoms with Gasteiger partial charge < -0.3 is 10.6 Å². The highest BCUT2D eigenvalue weighted by Crippen LogP contribution is 2.36. The van der Waals surface area contributed by atoms with Crippen molar-refractivity contribution in [2.24, 2.45) is 11.8 Å². The molecular formula is C33H46N2S4. The Morgan fingerprint density at radius 2 is 1.03 bits per heavy atom. The Balaban J connectivity index is 1.12. The van der Waals surface area contributed by atoms with Crippen molar-refractivity contribution in [3.05, 3.63) is 59.7 Å². The van der Waals surface area contributed by atoms with Crippen LogP contribution in [0.15, 0.2) is 58.3 Å². The van der Waals surface area contributed by atoms with Crippen LogP contribution in [0.1, 0.15) is 95.6 Å². The maximum Gasteiger partial charge on any atom is 0.138 e. The summed E-state index contributed by atoms with van der Waals surface area (Å²) in [6.07, 6.45) is 16.4. The first kappa shape index (κ1) is 30.9. The van der Waals surface area contributed by atoms with E-state index in [1.54, 1.807) is 23.5 Å². The van der Waals surface area contributed by atoms with Gasteiger partial charge in [0, 0.05) is 21.9 Å². The van der Waals surface area contributed by atoms with Gasteiger partial charge in [0.15, 0.2) is 0 Å². The van der Waals surface area contributed by atoms with Crippen molar-refractivity contribution in [2.45, 2.75) is 119 Å². The molecule has 6 heteroatoms. The summed E-state index contributed by atoms with van der Waals surface area (Å²) in [5.41, 5.74) is 2.83. The average molecular weight is 599 g/mol. The van der Waals surface area contributed by atoms with E-state index in [2.05, 4.69) is 73.0 Å². The molecule has 0 saturated heterocycles. The molecule has 2 aromatic rings. The molecule has 2 aliphatic rings. The monoisotopic (exact) mass is 598 g/mol. The Morgan fingerprint density at radius 3 is 1.41 bits per heavy atom. The van der Waals surface area contributed by atoms with E-state index in [0.717, 1.165) is 33.3 Å². The summed E-state index contributed by atoms with van der Waals surface area (Å²) in [4.78, 5) is 2.63. The van der Waals surface area contributed by atoms with E-state index in [1.807, 2.05) is 0 Å². The Labute approximate surface area is 256 Å². The fourth-order valence-corrected chi connectivity index (χ4v) is 8.93. The highest BCUT2D eigenvalue weighted by atomic mass is 32.2. The van der Waals surface area contributed by atoms with Crippen LogP contribution in [-0.4, -0.2) is 20.7 Å². The van der Waals surface area contributed by atoms with Gasteiger partial charge in [0.05, 0.1) is 0 Å². The minimum atomic E-state index is 0.542. The smallest absolute Gasteiger partial charge is 0.138 e. The maximum atomic E-state index is 5.75. The van der Waals surface area contributed by atoms with Crippen molar-refractivity contribution >= 4 is 56.6 Å². The zero-order chi connectivity index (χ0) is 27.5. The lowest BCUT2D eigenvalue weighted by atomic mass is 9.76. The molecule has 2 saturated carbocycles. The molecule has 0 heterocycles. The van der Waals surface area contributed by atoms with Crippen molar-refractivity contribution < 1.29 is 0 Å². The number of thioether (sulfide) groups is 2. The summed E-state index contributed by atoms with van der Waals surface area (Å²) >= 11 is 15.0. The van der Waals surface area contributed by atoms with Crippen LogP contribution in [0.4, 0.5) is 0 Å². The van der Waals surface area contributed by atoms with E-state index in [9.17, 15) is 0 Å². The van der Waals surface area contributed by atoms with Crippen molar-refractivity contribution in [3.63, 3.8) is 0 Å². The fraction of sp³-hybridized carbons (Fsp3) is 0.576. The summed E-state index contributed by atoms with van der Waals surface area (Å²) in [6.45, 7) is 4.48. The van der Waals surface area contributed by atoms with Gasteiger partial charge in [-0.25, -0.2) is 0 Å². The zero-order valence-electron chi connectivity index (χ0n) is 23.8. The molecule has 2 aromatic carbocycles. The van der Waals surface area contributed by atoms with Gasteiger partial charge in [-0.3, -0.25) is 0 Å². The normalized spacial score (nSPS) is 23.2. The quantitative estimate of drug-likeness (QED) is 0.209. The molecule has 2 fully saturated rings. The Morgan fingerprint density at radius 1 is 0.641 bits per heavy atom. The number of thiocarbonyl (C=S) groups is 2. The van der Waals surface area contributed by atoms with Gasteiger partial charge >= 0.3 is 0 Å². The minimum absolute atomic E-state index is 0.542. The number of aryl methyl sites for hydroxylation is 2. The predicted octanol–water partition coefficient (Wildman–Crippen LogP) is 9.73. The summed E-state index contributed by atoms with van der Waals surface area (Å²) in [6, 6.07) is 18.5. The Hall–Kier alpha value is -1.08. The molecule has 0 spiro atoms. The van der Waals surface area contributed by atoms with Gasteiger partial charge in [0.2, 0.25) is 0 Å².